The molecule has 1 heterocycles. The van der Waals surface area contributed by atoms with E-state index in [1.165, 1.54) is 11.8 Å². The Morgan fingerprint density at radius 1 is 1.06 bits per heavy atom. The first-order valence-corrected chi connectivity index (χ1v) is 13.9. The Kier molecular flexibility index (Phi) is 6.51. The minimum absolute atomic E-state index is 0.0316. The van der Waals surface area contributed by atoms with Crippen LogP contribution >= 0.6 is 0 Å². The molecule has 2 saturated carbocycles. The number of nitrogens with zero attached hydrogens (tertiary/aromatic N) is 3. The lowest BCUT2D eigenvalue weighted by atomic mass is 9.67. The van der Waals surface area contributed by atoms with Gasteiger partial charge in [-0.05, 0) is 64.6 Å². The highest BCUT2D eigenvalue weighted by molar-refractivity contribution is 7.90. The first-order valence-electron chi connectivity index (χ1n) is 11.8. The van der Waals surface area contributed by atoms with E-state index in [-0.39, 0.29) is 16.8 Å². The quantitative estimate of drug-likeness (QED) is 0.633. The molecule has 0 amide bonds. The molecule has 7 nitrogen and oxygen atoms in total. The van der Waals surface area contributed by atoms with E-state index in [1.54, 1.807) is 0 Å². The number of sulfone groups is 1. The molecular formula is C24H39N3O4S. The second-order valence-electron chi connectivity index (χ2n) is 10.7. The molecule has 0 radical (unpaired) electrons. The molecule has 1 unspecified atom stereocenters. The molecule has 2 N–H and O–H groups in total. The zero-order valence-electron chi connectivity index (χ0n) is 19.7. The van der Waals surface area contributed by atoms with Crippen LogP contribution in [-0.4, -0.2) is 96.6 Å². The van der Waals surface area contributed by atoms with Gasteiger partial charge in [0, 0.05) is 37.0 Å². The van der Waals surface area contributed by atoms with Crippen molar-refractivity contribution in [2.75, 3.05) is 45.7 Å². The molecule has 1 aliphatic heterocycles. The third-order valence-corrected chi connectivity index (χ3v) is 9.31. The van der Waals surface area contributed by atoms with E-state index in [2.05, 4.69) is 48.2 Å². The summed E-state index contributed by atoms with van der Waals surface area (Å²) < 4.78 is 23.6. The van der Waals surface area contributed by atoms with Gasteiger partial charge in [-0.15, -0.1) is 0 Å². The molecule has 1 aromatic carbocycles. The molecule has 2 aliphatic carbocycles. The van der Waals surface area contributed by atoms with Gasteiger partial charge in [0.25, 0.3) is 0 Å². The molecule has 32 heavy (non-hydrogen) atoms. The Bertz CT molecular complexity index is 893. The highest BCUT2D eigenvalue weighted by Crippen LogP contribution is 2.50. The summed E-state index contributed by atoms with van der Waals surface area (Å²) in [7, 11) is 1.16. The minimum Gasteiger partial charge on any atom is -0.389 e. The SMILES string of the molecule is CN(C)C1(c2ccccc2)CCC2(CC1)CN(CCS(C)(=O)=O)C(O)N2CC1(O)CCC1. The summed E-state index contributed by atoms with van der Waals surface area (Å²) in [6.45, 7) is 1.40. The first kappa shape index (κ1) is 24.1. The molecule has 180 valence electrons. The monoisotopic (exact) mass is 465 g/mol. The number of rotatable bonds is 7. The molecule has 3 aliphatic rings. The number of aliphatic hydroxyl groups is 2. The fraction of sp³-hybridized carbons (Fsp3) is 0.750. The normalized spacial score (nSPS) is 33.6. The van der Waals surface area contributed by atoms with Gasteiger partial charge in [0.05, 0.1) is 11.4 Å². The van der Waals surface area contributed by atoms with Crippen LogP contribution in [0.15, 0.2) is 30.3 Å². The lowest BCUT2D eigenvalue weighted by molar-refractivity contribution is -0.143. The smallest absolute Gasteiger partial charge is 0.166 e. The predicted octanol–water partition coefficient (Wildman–Crippen LogP) is 1.61. The third kappa shape index (κ3) is 4.50. The van der Waals surface area contributed by atoms with Crippen LogP contribution in [0, 0.1) is 0 Å². The maximum absolute atomic E-state index is 11.8. The summed E-state index contributed by atoms with van der Waals surface area (Å²) in [5.74, 6) is 0.0316. The predicted molar refractivity (Wildman–Crippen MR) is 126 cm³/mol. The van der Waals surface area contributed by atoms with E-state index < -0.39 is 21.8 Å². The maximum atomic E-state index is 11.8. The van der Waals surface area contributed by atoms with E-state index in [1.807, 2.05) is 11.0 Å². The zero-order chi connectivity index (χ0) is 23.2. The topological polar surface area (TPSA) is 84.3 Å². The summed E-state index contributed by atoms with van der Waals surface area (Å²) in [6, 6.07) is 10.6. The van der Waals surface area contributed by atoms with Crippen LogP contribution in [0.5, 0.6) is 0 Å². The van der Waals surface area contributed by atoms with E-state index in [0.717, 1.165) is 44.9 Å². The first-order chi connectivity index (χ1) is 15.0. The van der Waals surface area contributed by atoms with Crippen LogP contribution in [0.4, 0.5) is 0 Å². The van der Waals surface area contributed by atoms with Gasteiger partial charge in [-0.2, -0.15) is 0 Å². The van der Waals surface area contributed by atoms with Gasteiger partial charge in [0.2, 0.25) is 0 Å². The van der Waals surface area contributed by atoms with Crippen LogP contribution in [0.25, 0.3) is 0 Å². The van der Waals surface area contributed by atoms with Crippen molar-refractivity contribution in [3.63, 3.8) is 0 Å². The van der Waals surface area contributed by atoms with E-state index in [9.17, 15) is 18.6 Å². The Hall–Kier alpha value is -1.03. The van der Waals surface area contributed by atoms with Gasteiger partial charge < -0.3 is 10.2 Å². The van der Waals surface area contributed by atoms with Crippen molar-refractivity contribution >= 4 is 9.84 Å². The Labute approximate surface area is 192 Å². The maximum Gasteiger partial charge on any atom is 0.166 e. The fourth-order valence-electron chi connectivity index (χ4n) is 6.10. The number of hydrogen-bond donors (Lipinski definition) is 2. The average molecular weight is 466 g/mol. The van der Waals surface area contributed by atoms with E-state index in [0.29, 0.717) is 19.6 Å². The minimum atomic E-state index is -3.12. The molecule has 8 heteroatoms. The van der Waals surface area contributed by atoms with Gasteiger partial charge in [-0.1, -0.05) is 30.3 Å². The summed E-state index contributed by atoms with van der Waals surface area (Å²) in [6.07, 6.45) is 6.62. The van der Waals surface area contributed by atoms with Crippen LogP contribution in [0.3, 0.4) is 0 Å². The zero-order valence-corrected chi connectivity index (χ0v) is 20.5. The lowest BCUT2D eigenvalue weighted by Crippen LogP contribution is -2.60. The number of benzene rings is 1. The molecule has 1 atom stereocenters. The van der Waals surface area contributed by atoms with Gasteiger partial charge >= 0.3 is 0 Å². The molecule has 1 aromatic rings. The summed E-state index contributed by atoms with van der Waals surface area (Å²) >= 11 is 0. The number of β-amino-alcohol motifs (C(OH)–C–C–N with tert-alkyl or cyclic N) is 1. The van der Waals surface area contributed by atoms with Crippen LogP contribution in [-0.2, 0) is 15.4 Å². The number of hydrogen-bond acceptors (Lipinski definition) is 7. The Morgan fingerprint density at radius 3 is 2.19 bits per heavy atom. The number of aliphatic hydroxyl groups excluding tert-OH is 1. The highest BCUT2D eigenvalue weighted by atomic mass is 32.2. The van der Waals surface area contributed by atoms with E-state index in [4.69, 9.17) is 0 Å². The largest absolute Gasteiger partial charge is 0.389 e. The fourth-order valence-corrected chi connectivity index (χ4v) is 6.66. The van der Waals surface area contributed by atoms with Crippen molar-refractivity contribution in [2.45, 2.75) is 68.0 Å². The summed E-state index contributed by atoms with van der Waals surface area (Å²) in [5.41, 5.74) is 0.264. The van der Waals surface area contributed by atoms with Gasteiger partial charge in [-0.25, -0.2) is 8.42 Å². The molecule has 0 aromatic heterocycles. The Balaban J connectivity index is 1.59. The van der Waals surface area contributed by atoms with Gasteiger partial charge in [0.15, 0.2) is 6.35 Å². The van der Waals surface area contributed by atoms with Crippen molar-refractivity contribution in [1.29, 1.82) is 0 Å². The molecule has 0 bridgehead atoms. The summed E-state index contributed by atoms with van der Waals surface area (Å²) in [4.78, 5) is 6.32. The third-order valence-electron chi connectivity index (χ3n) is 8.39. The molecule has 3 fully saturated rings. The standard InChI is InChI=1S/C24H39N3O4S/c1-25(2)24(20-8-5-4-6-9-20)14-12-22(13-15-24)18-26(16-17-32(3,30)31)21(28)27(22)19-23(29)10-7-11-23/h4-6,8-9,21,28-29H,7,10-19H2,1-3H3. The van der Waals surface area contributed by atoms with Crippen LogP contribution in [0.2, 0.25) is 0 Å². The lowest BCUT2D eigenvalue weighted by Gasteiger charge is -2.53. The summed E-state index contributed by atoms with van der Waals surface area (Å²) in [5, 5.41) is 22.2. The molecular weight excluding hydrogens is 426 g/mol. The second kappa shape index (κ2) is 8.64. The molecule has 4 rings (SSSR count). The highest BCUT2D eigenvalue weighted by Gasteiger charge is 2.56. The van der Waals surface area contributed by atoms with E-state index >= 15 is 0 Å². The average Bonchev–Trinajstić information content (AvgIpc) is 2.97. The van der Waals surface area contributed by atoms with Crippen LogP contribution in [0.1, 0.15) is 50.5 Å². The molecule has 1 spiro atoms. The van der Waals surface area contributed by atoms with Crippen molar-refractivity contribution in [3.8, 4) is 0 Å². The van der Waals surface area contributed by atoms with Crippen molar-refractivity contribution in [1.82, 2.24) is 14.7 Å². The van der Waals surface area contributed by atoms with Crippen molar-refractivity contribution < 1.29 is 18.6 Å². The van der Waals surface area contributed by atoms with Gasteiger partial charge in [-0.3, -0.25) is 14.7 Å². The Morgan fingerprint density at radius 2 is 1.69 bits per heavy atom. The van der Waals surface area contributed by atoms with Crippen LogP contribution < -0.4 is 0 Å². The van der Waals surface area contributed by atoms with Gasteiger partial charge in [0.1, 0.15) is 9.84 Å². The van der Waals surface area contributed by atoms with Crippen molar-refractivity contribution in [3.05, 3.63) is 35.9 Å². The molecule has 1 saturated heterocycles. The van der Waals surface area contributed by atoms with Crippen molar-refractivity contribution in [2.24, 2.45) is 0 Å². The second-order valence-corrected chi connectivity index (χ2v) is 12.9.